The first-order chi connectivity index (χ1) is 21.6. The molecular weight excluding hydrogens is 554 g/mol. The normalized spacial score (nSPS) is 11.2. The lowest BCUT2D eigenvalue weighted by atomic mass is 10.1. The zero-order valence-corrected chi connectivity index (χ0v) is 23.2. The number of hydrogen-bond acceptors (Lipinski definition) is 10. The first-order valence-electron chi connectivity index (χ1n) is 13.6. The maximum Gasteiger partial charge on any atom is 0.270 e. The van der Waals surface area contributed by atoms with E-state index in [0.717, 1.165) is 27.7 Å². The van der Waals surface area contributed by atoms with Gasteiger partial charge in [-0.2, -0.15) is 25.2 Å². The third-order valence-corrected chi connectivity index (χ3v) is 6.50. The molecule has 11 nitrogen and oxygen atoms in total. The van der Waals surface area contributed by atoms with Crippen LogP contribution in [0.4, 0.5) is 34.9 Å². The predicted octanol–water partition coefficient (Wildman–Crippen LogP) is 7.29. The van der Waals surface area contributed by atoms with Gasteiger partial charge in [-0.3, -0.25) is 15.0 Å². The van der Waals surface area contributed by atoms with Gasteiger partial charge in [-0.1, -0.05) is 91.0 Å². The van der Waals surface area contributed by atoms with Gasteiger partial charge in [0, 0.05) is 34.6 Å². The van der Waals surface area contributed by atoms with Crippen LogP contribution in [-0.4, -0.2) is 32.3 Å². The number of aromatic nitrogens is 3. The molecule has 11 heteroatoms. The Bertz CT molecular complexity index is 1920. The first-order valence-corrected chi connectivity index (χ1v) is 13.6. The van der Waals surface area contributed by atoms with Crippen LogP contribution in [0.15, 0.2) is 138 Å². The summed E-state index contributed by atoms with van der Waals surface area (Å²) in [4.78, 5) is 26.4. The lowest BCUT2D eigenvalue weighted by Crippen LogP contribution is -2.16. The number of nitrogens with one attached hydrogen (secondary N) is 2. The van der Waals surface area contributed by atoms with Crippen molar-refractivity contribution in [3.05, 3.63) is 149 Å². The quantitative estimate of drug-likeness (QED) is 0.0981. The molecule has 0 fully saturated rings. The summed E-state index contributed by atoms with van der Waals surface area (Å²) in [6, 6.07) is 39.6. The Morgan fingerprint density at radius 3 is 1.93 bits per heavy atom. The molecule has 6 aromatic rings. The zero-order chi connectivity index (χ0) is 30.1. The van der Waals surface area contributed by atoms with Crippen molar-refractivity contribution in [3.8, 4) is 0 Å². The highest BCUT2D eigenvalue weighted by molar-refractivity contribution is 5.99. The SMILES string of the molecule is O=[N+]([O-])c1cccc(/C=N/Nc2nc(N/N=C/c3cccc4ccccc34)nc(N(c3ccccc3)c3ccccc3)n2)c1. The van der Waals surface area contributed by atoms with Gasteiger partial charge in [-0.05, 0) is 35.0 Å². The van der Waals surface area contributed by atoms with E-state index >= 15 is 0 Å². The predicted molar refractivity (Wildman–Crippen MR) is 174 cm³/mol. The molecular formula is C33H25N9O2. The number of hydrogen-bond donors (Lipinski definition) is 2. The van der Waals surface area contributed by atoms with Crippen LogP contribution in [-0.2, 0) is 0 Å². The van der Waals surface area contributed by atoms with E-state index in [1.165, 1.54) is 18.3 Å². The highest BCUT2D eigenvalue weighted by Gasteiger charge is 2.18. The van der Waals surface area contributed by atoms with Gasteiger partial charge in [0.2, 0.25) is 17.8 Å². The molecule has 0 bridgehead atoms. The molecule has 0 aliphatic rings. The molecule has 5 aromatic carbocycles. The maximum absolute atomic E-state index is 11.2. The molecule has 0 saturated carbocycles. The molecule has 0 amide bonds. The van der Waals surface area contributed by atoms with Crippen molar-refractivity contribution in [1.82, 2.24) is 15.0 Å². The number of anilines is 5. The summed E-state index contributed by atoms with van der Waals surface area (Å²) in [6.45, 7) is 0. The van der Waals surface area contributed by atoms with E-state index in [0.29, 0.717) is 11.5 Å². The Labute approximate surface area is 252 Å². The van der Waals surface area contributed by atoms with Crippen LogP contribution in [0.2, 0.25) is 0 Å². The molecule has 0 atom stereocenters. The minimum Gasteiger partial charge on any atom is -0.279 e. The molecule has 0 aliphatic heterocycles. The molecule has 0 unspecified atom stereocenters. The molecule has 214 valence electrons. The fourth-order valence-electron chi connectivity index (χ4n) is 4.50. The molecule has 44 heavy (non-hydrogen) atoms. The van der Waals surface area contributed by atoms with Gasteiger partial charge >= 0.3 is 0 Å². The van der Waals surface area contributed by atoms with Crippen molar-refractivity contribution < 1.29 is 4.92 Å². The fraction of sp³-hybridized carbons (Fsp3) is 0. The van der Waals surface area contributed by atoms with E-state index in [1.54, 1.807) is 18.3 Å². The molecule has 1 heterocycles. The second kappa shape index (κ2) is 13.0. The van der Waals surface area contributed by atoms with E-state index in [1.807, 2.05) is 108 Å². The highest BCUT2D eigenvalue weighted by Crippen LogP contribution is 2.32. The van der Waals surface area contributed by atoms with Gasteiger partial charge in [0.15, 0.2) is 0 Å². The minimum absolute atomic E-state index is 0.0340. The highest BCUT2D eigenvalue weighted by atomic mass is 16.6. The average molecular weight is 580 g/mol. The van der Waals surface area contributed by atoms with Gasteiger partial charge in [-0.25, -0.2) is 10.9 Å². The standard InChI is InChI=1S/C33H25N9O2/c43-42(44)29-19-9-11-24(21-29)22-34-39-31-36-32(40-35-23-26-14-10-13-25-12-7-8-20-30(25)26)38-33(37-31)41(27-15-3-1-4-16-27)28-17-5-2-6-18-28/h1-23H,(H2,36,37,38,39,40)/b34-22+,35-23+. The third-order valence-electron chi connectivity index (χ3n) is 6.50. The molecule has 2 N–H and O–H groups in total. The van der Waals surface area contributed by atoms with Crippen molar-refractivity contribution >= 4 is 58.1 Å². The van der Waals surface area contributed by atoms with Crippen molar-refractivity contribution in [2.45, 2.75) is 0 Å². The minimum atomic E-state index is -0.457. The van der Waals surface area contributed by atoms with Crippen molar-refractivity contribution in [1.29, 1.82) is 0 Å². The fourth-order valence-corrected chi connectivity index (χ4v) is 4.50. The third kappa shape index (κ3) is 6.52. The van der Waals surface area contributed by atoms with Gasteiger partial charge in [0.1, 0.15) is 0 Å². The topological polar surface area (TPSA) is 134 Å². The van der Waals surface area contributed by atoms with Crippen LogP contribution in [0.3, 0.4) is 0 Å². The summed E-state index contributed by atoms with van der Waals surface area (Å²) in [7, 11) is 0. The van der Waals surface area contributed by atoms with Crippen molar-refractivity contribution in [3.63, 3.8) is 0 Å². The van der Waals surface area contributed by atoms with Crippen LogP contribution < -0.4 is 15.8 Å². The molecule has 6 rings (SSSR count). The lowest BCUT2D eigenvalue weighted by molar-refractivity contribution is -0.384. The first kappa shape index (κ1) is 27.7. The average Bonchev–Trinajstić information content (AvgIpc) is 3.06. The number of hydrazone groups is 2. The van der Waals surface area contributed by atoms with E-state index < -0.39 is 4.92 Å². The molecule has 0 saturated heterocycles. The molecule has 0 aliphatic carbocycles. The monoisotopic (exact) mass is 579 g/mol. The number of nitrogens with zero attached hydrogens (tertiary/aromatic N) is 7. The van der Waals surface area contributed by atoms with Crippen LogP contribution in [0.25, 0.3) is 10.8 Å². The van der Waals surface area contributed by atoms with Crippen molar-refractivity contribution in [2.24, 2.45) is 10.2 Å². The van der Waals surface area contributed by atoms with Crippen LogP contribution >= 0.6 is 0 Å². The van der Waals surface area contributed by atoms with E-state index in [4.69, 9.17) is 0 Å². The lowest BCUT2D eigenvalue weighted by Gasteiger charge is -2.23. The maximum atomic E-state index is 11.2. The molecule has 0 spiro atoms. The summed E-state index contributed by atoms with van der Waals surface area (Å²) in [5, 5.41) is 22.0. The number of benzene rings is 5. The zero-order valence-electron chi connectivity index (χ0n) is 23.2. The van der Waals surface area contributed by atoms with Gasteiger partial charge in [0.05, 0.1) is 17.4 Å². The van der Waals surface area contributed by atoms with Gasteiger partial charge in [0.25, 0.3) is 5.69 Å². The van der Waals surface area contributed by atoms with E-state index in [2.05, 4.69) is 36.0 Å². The van der Waals surface area contributed by atoms with Crippen LogP contribution in [0, 0.1) is 10.1 Å². The number of para-hydroxylation sites is 2. The Balaban J connectivity index is 1.35. The second-order valence-electron chi connectivity index (χ2n) is 9.45. The summed E-state index contributed by atoms with van der Waals surface area (Å²) in [5.41, 5.74) is 8.87. The van der Waals surface area contributed by atoms with Crippen LogP contribution in [0.1, 0.15) is 11.1 Å². The van der Waals surface area contributed by atoms with Crippen LogP contribution in [0.5, 0.6) is 0 Å². The summed E-state index contributed by atoms with van der Waals surface area (Å²) in [6.07, 6.45) is 3.17. The Morgan fingerprint density at radius 1 is 0.659 bits per heavy atom. The summed E-state index contributed by atoms with van der Waals surface area (Å²) in [5.74, 6) is 0.626. The Kier molecular flexibility index (Phi) is 8.17. The van der Waals surface area contributed by atoms with E-state index in [9.17, 15) is 10.1 Å². The van der Waals surface area contributed by atoms with Gasteiger partial charge in [-0.15, -0.1) is 0 Å². The number of non-ortho nitro benzene ring substituents is 1. The van der Waals surface area contributed by atoms with Crippen molar-refractivity contribution in [2.75, 3.05) is 15.8 Å². The summed E-state index contributed by atoms with van der Waals surface area (Å²) >= 11 is 0. The molecule has 0 radical (unpaired) electrons. The largest absolute Gasteiger partial charge is 0.279 e. The smallest absolute Gasteiger partial charge is 0.270 e. The number of rotatable bonds is 10. The van der Waals surface area contributed by atoms with E-state index in [-0.39, 0.29) is 17.6 Å². The Morgan fingerprint density at radius 2 is 1.25 bits per heavy atom. The molecule has 1 aromatic heterocycles. The second-order valence-corrected chi connectivity index (χ2v) is 9.45. The van der Waals surface area contributed by atoms with Gasteiger partial charge < -0.3 is 0 Å². The summed E-state index contributed by atoms with van der Waals surface area (Å²) < 4.78 is 0. The number of nitro groups is 1. The number of nitro benzene ring substituents is 1. The number of fused-ring (bicyclic) bond motifs is 1. The Hall–Kier alpha value is -6.49.